The second-order valence-corrected chi connectivity index (χ2v) is 4.38. The summed E-state index contributed by atoms with van der Waals surface area (Å²) in [5.74, 6) is 0.515. The molecule has 2 N–H and O–H groups in total. The average Bonchev–Trinajstić information content (AvgIpc) is 2.34. The van der Waals surface area contributed by atoms with Crippen molar-refractivity contribution in [2.75, 3.05) is 13.7 Å². The molecule has 1 rings (SSSR count). The third kappa shape index (κ3) is 3.47. The van der Waals surface area contributed by atoms with Gasteiger partial charge in [0, 0.05) is 6.42 Å². The maximum Gasteiger partial charge on any atom is 0.322 e. The van der Waals surface area contributed by atoms with Gasteiger partial charge in [0.25, 0.3) is 0 Å². The molecule has 0 aliphatic carbocycles. The molecule has 100 valence electrons. The molecule has 1 aromatic carbocycles. The Bertz CT molecular complexity index is 427. The molecule has 0 saturated heterocycles. The van der Waals surface area contributed by atoms with Crippen molar-refractivity contribution in [1.29, 1.82) is 0 Å². The first-order chi connectivity index (χ1) is 8.47. The molecular weight excluding hydrogens is 230 g/mol. The third-order valence-corrected chi connectivity index (χ3v) is 3.06. The number of benzene rings is 1. The molecule has 0 spiro atoms. The van der Waals surface area contributed by atoms with E-state index in [1.807, 2.05) is 26.0 Å². The number of ether oxygens (including phenoxy) is 2. The minimum atomic E-state index is -0.566. The first-order valence-electron chi connectivity index (χ1n) is 6.02. The lowest BCUT2D eigenvalue weighted by Crippen LogP contribution is -2.29. The van der Waals surface area contributed by atoms with Gasteiger partial charge >= 0.3 is 5.97 Å². The van der Waals surface area contributed by atoms with Gasteiger partial charge in [0.05, 0.1) is 13.7 Å². The molecular formula is C14H21NO3. The standard InChI is InChI=1S/C14H21NO3/c1-9-10(2)13(17-4)6-5-12(9)7-8-18-14(16)11(3)15/h5-6,11H,7-8,15H2,1-4H3. The van der Waals surface area contributed by atoms with Gasteiger partial charge in [0.15, 0.2) is 0 Å². The predicted molar refractivity (Wildman–Crippen MR) is 70.8 cm³/mol. The zero-order chi connectivity index (χ0) is 13.7. The minimum absolute atomic E-state index is 0.354. The number of carbonyl (C=O) groups is 1. The van der Waals surface area contributed by atoms with Crippen molar-refractivity contribution in [2.24, 2.45) is 5.73 Å². The van der Waals surface area contributed by atoms with Crippen molar-refractivity contribution in [3.8, 4) is 5.75 Å². The van der Waals surface area contributed by atoms with Gasteiger partial charge < -0.3 is 15.2 Å². The summed E-state index contributed by atoms with van der Waals surface area (Å²) in [5.41, 5.74) is 8.87. The van der Waals surface area contributed by atoms with Crippen molar-refractivity contribution in [3.63, 3.8) is 0 Å². The lowest BCUT2D eigenvalue weighted by Gasteiger charge is -2.13. The molecule has 1 aromatic rings. The van der Waals surface area contributed by atoms with E-state index in [0.717, 1.165) is 16.9 Å². The van der Waals surface area contributed by atoms with Crippen LogP contribution < -0.4 is 10.5 Å². The van der Waals surface area contributed by atoms with Crippen LogP contribution in [0, 0.1) is 13.8 Å². The van der Waals surface area contributed by atoms with Crippen molar-refractivity contribution in [2.45, 2.75) is 33.2 Å². The summed E-state index contributed by atoms with van der Waals surface area (Å²) in [6.45, 7) is 6.03. The Hall–Kier alpha value is -1.55. The molecule has 0 fully saturated rings. The highest BCUT2D eigenvalue weighted by Gasteiger charge is 2.10. The number of hydrogen-bond acceptors (Lipinski definition) is 4. The van der Waals surface area contributed by atoms with Crippen LogP contribution >= 0.6 is 0 Å². The predicted octanol–water partition coefficient (Wildman–Crippen LogP) is 1.74. The average molecular weight is 251 g/mol. The van der Waals surface area contributed by atoms with Crippen molar-refractivity contribution < 1.29 is 14.3 Å². The smallest absolute Gasteiger partial charge is 0.322 e. The Morgan fingerprint density at radius 1 is 1.33 bits per heavy atom. The van der Waals surface area contributed by atoms with Crippen LogP contribution in [0.1, 0.15) is 23.6 Å². The maximum absolute atomic E-state index is 11.2. The van der Waals surface area contributed by atoms with Gasteiger partial charge in [-0.25, -0.2) is 0 Å². The lowest BCUT2D eigenvalue weighted by molar-refractivity contribution is -0.144. The van der Waals surface area contributed by atoms with E-state index < -0.39 is 6.04 Å². The summed E-state index contributed by atoms with van der Waals surface area (Å²) in [5, 5.41) is 0. The number of esters is 1. The third-order valence-electron chi connectivity index (χ3n) is 3.06. The first kappa shape index (κ1) is 14.5. The minimum Gasteiger partial charge on any atom is -0.496 e. The Morgan fingerprint density at radius 3 is 2.56 bits per heavy atom. The van der Waals surface area contributed by atoms with Crippen molar-refractivity contribution in [1.82, 2.24) is 0 Å². The van der Waals surface area contributed by atoms with E-state index in [1.54, 1.807) is 14.0 Å². The summed E-state index contributed by atoms with van der Waals surface area (Å²) in [6.07, 6.45) is 0.690. The summed E-state index contributed by atoms with van der Waals surface area (Å²) >= 11 is 0. The molecule has 0 aliphatic heterocycles. The van der Waals surface area contributed by atoms with Crippen LogP contribution in [0.5, 0.6) is 5.75 Å². The molecule has 18 heavy (non-hydrogen) atoms. The highest BCUT2D eigenvalue weighted by molar-refractivity contribution is 5.74. The molecule has 4 nitrogen and oxygen atoms in total. The number of methoxy groups -OCH3 is 1. The molecule has 0 amide bonds. The first-order valence-corrected chi connectivity index (χ1v) is 6.02. The van der Waals surface area contributed by atoms with Gasteiger partial charge in [-0.05, 0) is 43.5 Å². The zero-order valence-corrected chi connectivity index (χ0v) is 11.4. The Labute approximate surface area is 108 Å². The summed E-state index contributed by atoms with van der Waals surface area (Å²) in [4.78, 5) is 11.2. The van der Waals surface area contributed by atoms with Crippen LogP contribution in [-0.2, 0) is 16.0 Å². The number of hydrogen-bond donors (Lipinski definition) is 1. The summed E-state index contributed by atoms with van der Waals surface area (Å²) < 4.78 is 10.3. The van der Waals surface area contributed by atoms with E-state index in [1.165, 1.54) is 5.56 Å². The van der Waals surface area contributed by atoms with E-state index in [4.69, 9.17) is 15.2 Å². The largest absolute Gasteiger partial charge is 0.496 e. The van der Waals surface area contributed by atoms with Crippen LogP contribution in [0.3, 0.4) is 0 Å². The van der Waals surface area contributed by atoms with Crippen LogP contribution in [0.15, 0.2) is 12.1 Å². The second kappa shape index (κ2) is 6.40. The van der Waals surface area contributed by atoms with E-state index in [2.05, 4.69) is 0 Å². The molecule has 1 atom stereocenters. The van der Waals surface area contributed by atoms with Crippen LogP contribution in [0.2, 0.25) is 0 Å². The normalized spacial score (nSPS) is 12.1. The number of rotatable bonds is 5. The molecule has 4 heteroatoms. The molecule has 0 bridgehead atoms. The zero-order valence-electron chi connectivity index (χ0n) is 11.4. The molecule has 0 aliphatic rings. The molecule has 0 radical (unpaired) electrons. The maximum atomic E-state index is 11.2. The molecule has 1 unspecified atom stereocenters. The monoisotopic (exact) mass is 251 g/mol. The Kier molecular flexibility index (Phi) is 5.16. The summed E-state index contributed by atoms with van der Waals surface area (Å²) in [6, 6.07) is 3.37. The van der Waals surface area contributed by atoms with Crippen LogP contribution in [-0.4, -0.2) is 25.7 Å². The van der Waals surface area contributed by atoms with Crippen LogP contribution in [0.4, 0.5) is 0 Å². The number of nitrogens with two attached hydrogens (primary N) is 1. The highest BCUT2D eigenvalue weighted by Crippen LogP contribution is 2.24. The highest BCUT2D eigenvalue weighted by atomic mass is 16.5. The number of carbonyl (C=O) groups excluding carboxylic acids is 1. The van der Waals surface area contributed by atoms with Gasteiger partial charge in [0.1, 0.15) is 11.8 Å². The molecule has 0 saturated carbocycles. The second-order valence-electron chi connectivity index (χ2n) is 4.38. The quantitative estimate of drug-likeness (QED) is 0.810. The molecule has 0 aromatic heterocycles. The van der Waals surface area contributed by atoms with E-state index in [0.29, 0.717) is 13.0 Å². The lowest BCUT2D eigenvalue weighted by atomic mass is 10.0. The summed E-state index contributed by atoms with van der Waals surface area (Å²) in [7, 11) is 1.66. The molecule has 0 heterocycles. The fraction of sp³-hybridized carbons (Fsp3) is 0.500. The Morgan fingerprint density at radius 2 is 2.00 bits per heavy atom. The SMILES string of the molecule is COc1ccc(CCOC(=O)C(C)N)c(C)c1C. The van der Waals surface area contributed by atoms with Crippen molar-refractivity contribution in [3.05, 3.63) is 28.8 Å². The van der Waals surface area contributed by atoms with Gasteiger partial charge in [0.2, 0.25) is 0 Å². The van der Waals surface area contributed by atoms with Crippen molar-refractivity contribution >= 4 is 5.97 Å². The fourth-order valence-corrected chi connectivity index (χ4v) is 1.74. The van der Waals surface area contributed by atoms with E-state index in [9.17, 15) is 4.79 Å². The fourth-order valence-electron chi connectivity index (χ4n) is 1.74. The van der Waals surface area contributed by atoms with E-state index >= 15 is 0 Å². The van der Waals surface area contributed by atoms with Crippen LogP contribution in [0.25, 0.3) is 0 Å². The van der Waals surface area contributed by atoms with Gasteiger partial charge in [-0.15, -0.1) is 0 Å². The van der Waals surface area contributed by atoms with Gasteiger partial charge in [-0.1, -0.05) is 6.07 Å². The Balaban J connectivity index is 2.64. The van der Waals surface area contributed by atoms with E-state index in [-0.39, 0.29) is 5.97 Å². The van der Waals surface area contributed by atoms with Gasteiger partial charge in [-0.3, -0.25) is 4.79 Å². The van der Waals surface area contributed by atoms with Gasteiger partial charge in [-0.2, -0.15) is 0 Å². The topological polar surface area (TPSA) is 61.5 Å².